The Kier molecular flexibility index (Phi) is 6.37. The predicted molar refractivity (Wildman–Crippen MR) is 124 cm³/mol. The number of nitrogens with one attached hydrogen (secondary N) is 1. The molecule has 3 aromatic rings. The minimum atomic E-state index is -0.0673. The monoisotopic (exact) mass is 440 g/mol. The van der Waals surface area contributed by atoms with Crippen LogP contribution in [0.2, 0.25) is 5.02 Å². The molecule has 2 atom stereocenters. The minimum absolute atomic E-state index is 0.0596. The van der Waals surface area contributed by atoms with Crippen molar-refractivity contribution in [1.82, 2.24) is 20.1 Å². The van der Waals surface area contributed by atoms with E-state index in [1.807, 2.05) is 60.8 Å². The highest BCUT2D eigenvalue weighted by Gasteiger charge is 2.41. The molecule has 4 rings (SSSR count). The number of hydrogen-bond acceptors (Lipinski definition) is 4. The molecule has 0 amide bonds. The predicted octanol–water partition coefficient (Wildman–Crippen LogP) is 4.92. The molecule has 0 aliphatic carbocycles. The van der Waals surface area contributed by atoms with E-state index in [4.69, 9.17) is 28.2 Å². The molecule has 0 spiro atoms. The topological polar surface area (TPSA) is 44.5 Å². The van der Waals surface area contributed by atoms with E-state index in [2.05, 4.69) is 34.2 Å². The number of pyridine rings is 1. The first kappa shape index (κ1) is 20.8. The highest BCUT2D eigenvalue weighted by Crippen LogP contribution is 2.40. The number of hydrogen-bond donors (Lipinski definition) is 1. The van der Waals surface area contributed by atoms with E-state index in [0.29, 0.717) is 5.02 Å². The average molecular weight is 441 g/mol. The molecule has 0 bridgehead atoms. The zero-order valence-corrected chi connectivity index (χ0v) is 18.7. The van der Waals surface area contributed by atoms with Crippen LogP contribution in [0.15, 0.2) is 65.2 Å². The Morgan fingerprint density at radius 3 is 2.63 bits per heavy atom. The van der Waals surface area contributed by atoms with Crippen molar-refractivity contribution in [1.29, 1.82) is 0 Å². The van der Waals surface area contributed by atoms with Gasteiger partial charge in [-0.05, 0) is 87.8 Å². The van der Waals surface area contributed by atoms with E-state index < -0.39 is 0 Å². The van der Waals surface area contributed by atoms with Gasteiger partial charge in [0.1, 0.15) is 17.6 Å². The van der Waals surface area contributed by atoms with Crippen molar-refractivity contribution in [3.8, 4) is 11.3 Å². The smallest absolute Gasteiger partial charge is 0.170 e. The van der Waals surface area contributed by atoms with Crippen LogP contribution in [0.3, 0.4) is 0 Å². The first-order valence-electron chi connectivity index (χ1n) is 10.0. The summed E-state index contributed by atoms with van der Waals surface area (Å²) < 4.78 is 6.33. The van der Waals surface area contributed by atoms with Crippen molar-refractivity contribution in [3.63, 3.8) is 0 Å². The van der Waals surface area contributed by atoms with Gasteiger partial charge in [-0.3, -0.25) is 4.98 Å². The molecule has 7 heteroatoms. The van der Waals surface area contributed by atoms with E-state index in [9.17, 15) is 0 Å². The second-order valence-corrected chi connectivity index (χ2v) is 8.51. The molecule has 1 aliphatic rings. The van der Waals surface area contributed by atoms with Crippen molar-refractivity contribution in [2.45, 2.75) is 18.5 Å². The standard InChI is InChI=1S/C23H25ClN4OS/c1-27(2)14-5-15-28-22(21(26-23(28)30)18-6-3-4-13-25-18)20-12-11-19(29-20)16-7-9-17(24)10-8-16/h3-4,6-13,21-22H,5,14-15H2,1-2H3,(H,26,30)/t21-,22-/m1/s1. The molecule has 3 heterocycles. The number of halogens is 1. The van der Waals surface area contributed by atoms with Crippen LogP contribution in [0.5, 0.6) is 0 Å². The van der Waals surface area contributed by atoms with Gasteiger partial charge in [-0.25, -0.2) is 0 Å². The van der Waals surface area contributed by atoms with Crippen LogP contribution >= 0.6 is 23.8 Å². The van der Waals surface area contributed by atoms with Crippen LogP contribution in [-0.4, -0.2) is 47.1 Å². The molecule has 0 unspecified atom stereocenters. The molecular weight excluding hydrogens is 416 g/mol. The van der Waals surface area contributed by atoms with Crippen LogP contribution in [0, 0.1) is 0 Å². The Morgan fingerprint density at radius 1 is 1.13 bits per heavy atom. The van der Waals surface area contributed by atoms with Crippen LogP contribution in [0.1, 0.15) is 30.0 Å². The zero-order chi connectivity index (χ0) is 21.1. The van der Waals surface area contributed by atoms with Gasteiger partial charge in [0.2, 0.25) is 0 Å². The minimum Gasteiger partial charge on any atom is -0.459 e. The number of thiocarbonyl (C=S) groups is 1. The summed E-state index contributed by atoms with van der Waals surface area (Å²) in [5, 5.41) is 4.91. The quantitative estimate of drug-likeness (QED) is 0.526. The molecule has 0 radical (unpaired) electrons. The summed E-state index contributed by atoms with van der Waals surface area (Å²) >= 11 is 11.7. The summed E-state index contributed by atoms with van der Waals surface area (Å²) in [4.78, 5) is 8.98. The van der Waals surface area contributed by atoms with Crippen LogP contribution in [0.25, 0.3) is 11.3 Å². The molecule has 0 saturated carbocycles. The third kappa shape index (κ3) is 4.51. The van der Waals surface area contributed by atoms with Gasteiger partial charge in [0.15, 0.2) is 5.11 Å². The van der Waals surface area contributed by atoms with Gasteiger partial charge in [0.05, 0.1) is 11.7 Å². The van der Waals surface area contributed by atoms with Crippen molar-refractivity contribution < 1.29 is 4.42 Å². The summed E-state index contributed by atoms with van der Waals surface area (Å²) in [7, 11) is 4.17. The summed E-state index contributed by atoms with van der Waals surface area (Å²) in [6.07, 6.45) is 2.82. The molecule has 2 aromatic heterocycles. The van der Waals surface area contributed by atoms with Gasteiger partial charge in [0, 0.05) is 23.3 Å². The second-order valence-electron chi connectivity index (χ2n) is 7.69. The van der Waals surface area contributed by atoms with Crippen molar-refractivity contribution >= 4 is 28.9 Å². The molecule has 1 aromatic carbocycles. The van der Waals surface area contributed by atoms with Crippen molar-refractivity contribution in [3.05, 3.63) is 77.3 Å². The Bertz CT molecular complexity index is 990. The van der Waals surface area contributed by atoms with E-state index in [0.717, 1.165) is 47.4 Å². The number of nitrogens with zero attached hydrogens (tertiary/aromatic N) is 3. The maximum absolute atomic E-state index is 6.33. The fraction of sp³-hybridized carbons (Fsp3) is 0.304. The zero-order valence-electron chi connectivity index (χ0n) is 17.1. The van der Waals surface area contributed by atoms with Gasteiger partial charge >= 0.3 is 0 Å². The SMILES string of the molecule is CN(C)CCCN1C(=S)N[C@H](c2ccccn2)[C@H]1c1ccc(-c2ccc(Cl)cc2)o1. The average Bonchev–Trinajstić information content (AvgIpc) is 3.34. The summed E-state index contributed by atoms with van der Waals surface area (Å²) in [6, 6.07) is 17.5. The number of furan rings is 1. The number of benzene rings is 1. The lowest BCUT2D eigenvalue weighted by molar-refractivity contribution is 0.261. The molecule has 156 valence electrons. The largest absolute Gasteiger partial charge is 0.459 e. The van der Waals surface area contributed by atoms with Crippen molar-refractivity contribution in [2.75, 3.05) is 27.2 Å². The van der Waals surface area contributed by atoms with E-state index in [1.165, 1.54) is 0 Å². The molecule has 5 nitrogen and oxygen atoms in total. The fourth-order valence-corrected chi connectivity index (χ4v) is 4.25. The molecule has 30 heavy (non-hydrogen) atoms. The summed E-state index contributed by atoms with van der Waals surface area (Å²) in [5.41, 5.74) is 1.94. The van der Waals surface area contributed by atoms with E-state index in [-0.39, 0.29) is 12.1 Å². The first-order chi connectivity index (χ1) is 14.5. The highest BCUT2D eigenvalue weighted by atomic mass is 35.5. The van der Waals surface area contributed by atoms with Crippen LogP contribution in [-0.2, 0) is 0 Å². The van der Waals surface area contributed by atoms with Gasteiger partial charge in [-0.15, -0.1) is 0 Å². The third-order valence-corrected chi connectivity index (χ3v) is 5.85. The summed E-state index contributed by atoms with van der Waals surface area (Å²) in [6.45, 7) is 1.84. The molecule has 1 N–H and O–H groups in total. The van der Waals surface area contributed by atoms with E-state index in [1.54, 1.807) is 0 Å². The fourth-order valence-electron chi connectivity index (χ4n) is 3.79. The number of aromatic nitrogens is 1. The van der Waals surface area contributed by atoms with Crippen LogP contribution in [0.4, 0.5) is 0 Å². The van der Waals surface area contributed by atoms with Gasteiger partial charge < -0.3 is 19.5 Å². The lowest BCUT2D eigenvalue weighted by Gasteiger charge is -2.26. The maximum atomic E-state index is 6.33. The van der Waals surface area contributed by atoms with Gasteiger partial charge in [0.25, 0.3) is 0 Å². The Hall–Kier alpha value is -2.41. The third-order valence-electron chi connectivity index (χ3n) is 5.25. The van der Waals surface area contributed by atoms with Gasteiger partial charge in [-0.1, -0.05) is 17.7 Å². The molecule has 1 aliphatic heterocycles. The molecule has 1 fully saturated rings. The number of rotatable bonds is 7. The Labute approximate surface area is 187 Å². The molecule has 1 saturated heterocycles. The first-order valence-corrected chi connectivity index (χ1v) is 10.8. The normalized spacial score (nSPS) is 18.8. The highest BCUT2D eigenvalue weighted by molar-refractivity contribution is 7.80. The Balaban J connectivity index is 1.65. The molecular formula is C23H25ClN4OS. The Morgan fingerprint density at radius 2 is 1.93 bits per heavy atom. The lowest BCUT2D eigenvalue weighted by Crippen LogP contribution is -2.32. The van der Waals surface area contributed by atoms with E-state index >= 15 is 0 Å². The van der Waals surface area contributed by atoms with Crippen LogP contribution < -0.4 is 5.32 Å². The second kappa shape index (κ2) is 9.16. The lowest BCUT2D eigenvalue weighted by atomic mass is 10.0. The summed E-state index contributed by atoms with van der Waals surface area (Å²) in [5.74, 6) is 1.68. The van der Waals surface area contributed by atoms with Crippen molar-refractivity contribution in [2.24, 2.45) is 0 Å². The maximum Gasteiger partial charge on any atom is 0.170 e. The van der Waals surface area contributed by atoms with Gasteiger partial charge in [-0.2, -0.15) is 0 Å².